The van der Waals surface area contributed by atoms with Gasteiger partial charge < -0.3 is 10.4 Å². The molecule has 1 amide bonds. The third kappa shape index (κ3) is 2.94. The SMILES string of the molecule is O=C(Nc1ccccc1)c1c(O)cc2ccccc2c1S(=O)(=O)O. The van der Waals surface area contributed by atoms with Crippen molar-refractivity contribution in [3.8, 4) is 5.75 Å². The van der Waals surface area contributed by atoms with Gasteiger partial charge in [0, 0.05) is 11.1 Å². The number of carbonyl (C=O) groups excluding carboxylic acids is 1. The zero-order valence-corrected chi connectivity index (χ0v) is 13.1. The van der Waals surface area contributed by atoms with Crippen molar-refractivity contribution in [2.75, 3.05) is 5.32 Å². The lowest BCUT2D eigenvalue weighted by Crippen LogP contribution is -2.17. The van der Waals surface area contributed by atoms with Crippen LogP contribution < -0.4 is 5.32 Å². The van der Waals surface area contributed by atoms with Gasteiger partial charge in [0.05, 0.1) is 0 Å². The van der Waals surface area contributed by atoms with Crippen LogP contribution in [-0.4, -0.2) is 24.0 Å². The maximum atomic E-state index is 12.5. The molecule has 0 radical (unpaired) electrons. The predicted octanol–water partition coefficient (Wildman–Crippen LogP) is 3.04. The van der Waals surface area contributed by atoms with Gasteiger partial charge in [0.1, 0.15) is 16.2 Å². The fourth-order valence-electron chi connectivity index (χ4n) is 2.50. The molecule has 0 bridgehead atoms. The molecule has 0 saturated heterocycles. The van der Waals surface area contributed by atoms with E-state index in [1.165, 1.54) is 12.1 Å². The molecule has 0 aliphatic carbocycles. The van der Waals surface area contributed by atoms with Gasteiger partial charge in [0.25, 0.3) is 16.0 Å². The molecule has 0 saturated carbocycles. The molecule has 0 aliphatic rings. The number of aromatic hydroxyl groups is 1. The molecule has 7 heteroatoms. The van der Waals surface area contributed by atoms with Crippen LogP contribution >= 0.6 is 0 Å². The zero-order valence-electron chi connectivity index (χ0n) is 12.3. The average Bonchev–Trinajstić information content (AvgIpc) is 2.53. The minimum atomic E-state index is -4.74. The molecule has 0 spiro atoms. The average molecular weight is 343 g/mol. The summed E-state index contributed by atoms with van der Waals surface area (Å²) in [4.78, 5) is 11.9. The summed E-state index contributed by atoms with van der Waals surface area (Å²) in [5, 5.41) is 13.2. The van der Waals surface area contributed by atoms with Crippen molar-refractivity contribution in [1.29, 1.82) is 0 Å². The molecule has 3 N–H and O–H groups in total. The van der Waals surface area contributed by atoms with Gasteiger partial charge in [-0.3, -0.25) is 9.35 Å². The monoisotopic (exact) mass is 343 g/mol. The second-order valence-corrected chi connectivity index (χ2v) is 6.47. The topological polar surface area (TPSA) is 104 Å². The van der Waals surface area contributed by atoms with Crippen LogP contribution in [0.5, 0.6) is 5.75 Å². The molecule has 0 heterocycles. The first-order valence-electron chi connectivity index (χ1n) is 6.96. The highest BCUT2D eigenvalue weighted by atomic mass is 32.2. The molecule has 0 unspecified atom stereocenters. The number of fused-ring (bicyclic) bond motifs is 1. The van der Waals surface area contributed by atoms with E-state index >= 15 is 0 Å². The van der Waals surface area contributed by atoms with E-state index in [1.807, 2.05) is 0 Å². The smallest absolute Gasteiger partial charge is 0.296 e. The van der Waals surface area contributed by atoms with E-state index < -0.39 is 32.2 Å². The lowest BCUT2D eigenvalue weighted by molar-refractivity contribution is 0.102. The van der Waals surface area contributed by atoms with E-state index in [4.69, 9.17) is 0 Å². The summed E-state index contributed by atoms with van der Waals surface area (Å²) in [6, 6.07) is 15.9. The quantitative estimate of drug-likeness (QED) is 0.634. The van der Waals surface area contributed by atoms with Crippen molar-refractivity contribution in [1.82, 2.24) is 0 Å². The molecular formula is C17H13NO5S. The molecule has 0 fully saturated rings. The summed E-state index contributed by atoms with van der Waals surface area (Å²) >= 11 is 0. The van der Waals surface area contributed by atoms with Gasteiger partial charge in [-0.25, -0.2) is 0 Å². The number of para-hydroxylation sites is 1. The molecule has 3 rings (SSSR count). The Labute approximate surface area is 138 Å². The van der Waals surface area contributed by atoms with Crippen LogP contribution in [0.2, 0.25) is 0 Å². The van der Waals surface area contributed by atoms with Gasteiger partial charge >= 0.3 is 0 Å². The molecular weight excluding hydrogens is 330 g/mol. The number of carbonyl (C=O) groups is 1. The second kappa shape index (κ2) is 5.95. The minimum absolute atomic E-state index is 0.149. The summed E-state index contributed by atoms with van der Waals surface area (Å²) in [5.74, 6) is -1.37. The third-order valence-electron chi connectivity index (χ3n) is 3.50. The number of phenols is 1. The van der Waals surface area contributed by atoms with Crippen LogP contribution in [0.4, 0.5) is 5.69 Å². The number of amides is 1. The Morgan fingerprint density at radius 3 is 2.25 bits per heavy atom. The van der Waals surface area contributed by atoms with Gasteiger partial charge in [-0.15, -0.1) is 0 Å². The van der Waals surface area contributed by atoms with Crippen molar-refractivity contribution in [2.45, 2.75) is 4.90 Å². The Hall–Kier alpha value is -2.90. The molecule has 3 aromatic carbocycles. The van der Waals surface area contributed by atoms with E-state index in [2.05, 4.69) is 5.32 Å². The Balaban J connectivity index is 2.23. The lowest BCUT2D eigenvalue weighted by atomic mass is 10.0. The maximum Gasteiger partial charge on any atom is 0.296 e. The van der Waals surface area contributed by atoms with Crippen molar-refractivity contribution in [3.05, 3.63) is 66.2 Å². The van der Waals surface area contributed by atoms with Crippen LogP contribution in [0, 0.1) is 0 Å². The van der Waals surface area contributed by atoms with E-state index in [9.17, 15) is 22.9 Å². The minimum Gasteiger partial charge on any atom is -0.507 e. The van der Waals surface area contributed by atoms with Gasteiger partial charge in [-0.2, -0.15) is 8.42 Å². The largest absolute Gasteiger partial charge is 0.507 e. The molecule has 3 aromatic rings. The number of rotatable bonds is 3. The molecule has 122 valence electrons. The molecule has 0 aromatic heterocycles. The fraction of sp³-hybridized carbons (Fsp3) is 0. The fourth-order valence-corrected chi connectivity index (χ4v) is 3.42. The normalized spacial score (nSPS) is 11.4. The van der Waals surface area contributed by atoms with Crippen molar-refractivity contribution < 1.29 is 22.9 Å². The van der Waals surface area contributed by atoms with Crippen LogP contribution in [0.25, 0.3) is 10.8 Å². The summed E-state index contributed by atoms with van der Waals surface area (Å²) in [5.41, 5.74) is -0.0728. The van der Waals surface area contributed by atoms with Crippen LogP contribution in [0.3, 0.4) is 0 Å². The predicted molar refractivity (Wildman–Crippen MR) is 89.8 cm³/mol. The van der Waals surface area contributed by atoms with Gasteiger partial charge in [-0.05, 0) is 23.6 Å². The number of hydrogen-bond donors (Lipinski definition) is 3. The Morgan fingerprint density at radius 1 is 0.958 bits per heavy atom. The standard InChI is InChI=1S/C17H13NO5S/c19-14-10-11-6-4-5-9-13(11)16(24(21,22)23)15(14)17(20)18-12-7-2-1-3-8-12/h1-10,19H,(H,18,20)(H,21,22,23). The number of anilines is 1. The molecule has 24 heavy (non-hydrogen) atoms. The van der Waals surface area contributed by atoms with Crippen LogP contribution in [0.15, 0.2) is 65.6 Å². The Morgan fingerprint density at radius 2 is 1.58 bits per heavy atom. The molecule has 0 aliphatic heterocycles. The first-order chi connectivity index (χ1) is 11.4. The van der Waals surface area contributed by atoms with Crippen molar-refractivity contribution in [3.63, 3.8) is 0 Å². The number of benzene rings is 3. The second-order valence-electron chi connectivity index (χ2n) is 5.12. The number of hydrogen-bond acceptors (Lipinski definition) is 4. The van der Waals surface area contributed by atoms with E-state index in [1.54, 1.807) is 48.5 Å². The van der Waals surface area contributed by atoms with Crippen LogP contribution in [-0.2, 0) is 10.1 Å². The summed E-state index contributed by atoms with van der Waals surface area (Å²) in [6.45, 7) is 0. The van der Waals surface area contributed by atoms with Gasteiger partial charge in [0.15, 0.2) is 0 Å². The van der Waals surface area contributed by atoms with Crippen molar-refractivity contribution >= 4 is 32.5 Å². The van der Waals surface area contributed by atoms with E-state index in [0.717, 1.165) is 0 Å². The number of nitrogens with one attached hydrogen (secondary N) is 1. The Bertz CT molecular complexity index is 1030. The highest BCUT2D eigenvalue weighted by Gasteiger charge is 2.27. The Kier molecular flexibility index (Phi) is 3.96. The van der Waals surface area contributed by atoms with E-state index in [-0.39, 0.29) is 5.39 Å². The first-order valence-corrected chi connectivity index (χ1v) is 8.40. The lowest BCUT2D eigenvalue weighted by Gasteiger charge is -2.13. The first kappa shape index (κ1) is 16.0. The third-order valence-corrected chi connectivity index (χ3v) is 4.44. The zero-order chi connectivity index (χ0) is 17.3. The number of phenolic OH excluding ortho intramolecular Hbond substituents is 1. The maximum absolute atomic E-state index is 12.5. The van der Waals surface area contributed by atoms with E-state index in [0.29, 0.717) is 11.1 Å². The van der Waals surface area contributed by atoms with Gasteiger partial charge in [-0.1, -0.05) is 42.5 Å². The van der Waals surface area contributed by atoms with Crippen LogP contribution in [0.1, 0.15) is 10.4 Å². The van der Waals surface area contributed by atoms with Crippen molar-refractivity contribution in [2.24, 2.45) is 0 Å². The summed E-state index contributed by atoms with van der Waals surface area (Å²) in [7, 11) is -4.74. The summed E-state index contributed by atoms with van der Waals surface area (Å²) in [6.07, 6.45) is 0. The van der Waals surface area contributed by atoms with Gasteiger partial charge in [0.2, 0.25) is 0 Å². The summed E-state index contributed by atoms with van der Waals surface area (Å²) < 4.78 is 33.3. The highest BCUT2D eigenvalue weighted by Crippen LogP contribution is 2.34. The molecule has 0 atom stereocenters. The highest BCUT2D eigenvalue weighted by molar-refractivity contribution is 7.86. The molecule has 6 nitrogen and oxygen atoms in total.